The van der Waals surface area contributed by atoms with Crippen molar-refractivity contribution in [3.05, 3.63) is 0 Å². The molecule has 4 heteroatoms. The fourth-order valence-electron chi connectivity index (χ4n) is 1.86. The van der Waals surface area contributed by atoms with Crippen molar-refractivity contribution in [3.63, 3.8) is 0 Å². The maximum atomic E-state index is 11.6. The van der Waals surface area contributed by atoms with Gasteiger partial charge in [-0.3, -0.25) is 9.59 Å². The molecule has 2 fully saturated rings. The zero-order valence-electron chi connectivity index (χ0n) is 8.59. The molecule has 1 saturated carbocycles. The maximum absolute atomic E-state index is 11.6. The van der Waals surface area contributed by atoms with Crippen molar-refractivity contribution in [3.8, 4) is 0 Å². The van der Waals surface area contributed by atoms with Gasteiger partial charge in [-0.15, -0.1) is 0 Å². The summed E-state index contributed by atoms with van der Waals surface area (Å²) in [5.74, 6) is 0.401. The Balaban J connectivity index is 2.02. The van der Waals surface area contributed by atoms with Crippen molar-refractivity contribution in [2.45, 2.75) is 44.7 Å². The van der Waals surface area contributed by atoms with E-state index in [-0.39, 0.29) is 17.9 Å². The molecule has 4 nitrogen and oxygen atoms in total. The lowest BCUT2D eigenvalue weighted by Gasteiger charge is -2.30. The van der Waals surface area contributed by atoms with Gasteiger partial charge >= 0.3 is 0 Å². The molecule has 1 aliphatic heterocycles. The average molecular weight is 196 g/mol. The first-order chi connectivity index (χ1) is 6.53. The summed E-state index contributed by atoms with van der Waals surface area (Å²) in [6.07, 6.45) is 2.30. The second-order valence-electron chi connectivity index (χ2n) is 4.73. The Morgan fingerprint density at radius 2 is 2.07 bits per heavy atom. The van der Waals surface area contributed by atoms with E-state index in [9.17, 15) is 9.59 Å². The number of carbonyl (C=O) groups is 2. The van der Waals surface area contributed by atoms with E-state index in [1.165, 1.54) is 0 Å². The molecular formula is C10H16N2O2. The van der Waals surface area contributed by atoms with Crippen molar-refractivity contribution in [1.29, 1.82) is 0 Å². The Labute approximate surface area is 83.4 Å². The predicted molar refractivity (Wildman–Crippen MR) is 51.5 cm³/mol. The second-order valence-corrected chi connectivity index (χ2v) is 4.73. The Hall–Kier alpha value is -1.06. The van der Waals surface area contributed by atoms with Crippen LogP contribution in [0, 0.1) is 5.92 Å². The normalized spacial score (nSPS) is 28.9. The van der Waals surface area contributed by atoms with Gasteiger partial charge in [0.1, 0.15) is 11.6 Å². The van der Waals surface area contributed by atoms with E-state index in [4.69, 9.17) is 0 Å². The molecule has 1 heterocycles. The van der Waals surface area contributed by atoms with Crippen molar-refractivity contribution < 1.29 is 9.59 Å². The lowest BCUT2D eigenvalue weighted by Crippen LogP contribution is -2.63. The third kappa shape index (κ3) is 1.49. The van der Waals surface area contributed by atoms with Crippen LogP contribution >= 0.6 is 0 Å². The molecule has 78 valence electrons. The standard InChI is InChI=1S/C10H16N2O2/c1-6(2)5-7-8(13)12-10(3-4-10)9(14)11-7/h6-7H,3-5H2,1-2H3,(H,11,14)(H,12,13)/t7-/m0/s1. The SMILES string of the molecule is CC(C)C[C@@H]1NC(=O)C2(CC2)NC1=O. The van der Waals surface area contributed by atoms with Gasteiger partial charge in [0.25, 0.3) is 0 Å². The highest BCUT2D eigenvalue weighted by Crippen LogP contribution is 2.37. The Kier molecular flexibility index (Phi) is 2.01. The molecule has 0 aromatic carbocycles. The van der Waals surface area contributed by atoms with Gasteiger partial charge in [-0.1, -0.05) is 13.8 Å². The largest absolute Gasteiger partial charge is 0.342 e. The van der Waals surface area contributed by atoms with Crippen LogP contribution in [0.5, 0.6) is 0 Å². The summed E-state index contributed by atoms with van der Waals surface area (Å²) in [5, 5.41) is 5.62. The van der Waals surface area contributed by atoms with Crippen molar-refractivity contribution in [2.24, 2.45) is 5.92 Å². The van der Waals surface area contributed by atoms with E-state index in [0.717, 1.165) is 12.8 Å². The van der Waals surface area contributed by atoms with Gasteiger partial charge in [0.15, 0.2) is 0 Å². The maximum Gasteiger partial charge on any atom is 0.246 e. The first-order valence-corrected chi connectivity index (χ1v) is 5.16. The van der Waals surface area contributed by atoms with Crippen LogP contribution in [-0.2, 0) is 9.59 Å². The fourth-order valence-corrected chi connectivity index (χ4v) is 1.86. The molecule has 1 aliphatic carbocycles. The van der Waals surface area contributed by atoms with Gasteiger partial charge in [-0.2, -0.15) is 0 Å². The molecule has 1 saturated heterocycles. The minimum atomic E-state index is -0.523. The van der Waals surface area contributed by atoms with Crippen molar-refractivity contribution in [1.82, 2.24) is 10.6 Å². The monoisotopic (exact) mass is 196 g/mol. The van der Waals surface area contributed by atoms with E-state index in [0.29, 0.717) is 12.3 Å². The van der Waals surface area contributed by atoms with Crippen LogP contribution in [0.15, 0.2) is 0 Å². The molecule has 0 bridgehead atoms. The number of hydrogen-bond donors (Lipinski definition) is 2. The molecule has 0 radical (unpaired) electrons. The van der Waals surface area contributed by atoms with Crippen molar-refractivity contribution >= 4 is 11.8 Å². The zero-order valence-corrected chi connectivity index (χ0v) is 8.59. The Morgan fingerprint density at radius 3 is 2.57 bits per heavy atom. The molecule has 2 amide bonds. The highest BCUT2D eigenvalue weighted by Gasteiger charge is 2.55. The van der Waals surface area contributed by atoms with Crippen LogP contribution in [-0.4, -0.2) is 23.4 Å². The van der Waals surface area contributed by atoms with Gasteiger partial charge < -0.3 is 10.6 Å². The molecule has 2 rings (SSSR count). The summed E-state index contributed by atoms with van der Waals surface area (Å²) >= 11 is 0. The average Bonchev–Trinajstić information content (AvgIpc) is 2.81. The molecular weight excluding hydrogens is 180 g/mol. The minimum absolute atomic E-state index is 0.00255. The second kappa shape index (κ2) is 2.97. The van der Waals surface area contributed by atoms with Gasteiger partial charge in [-0.05, 0) is 25.2 Å². The molecule has 2 N–H and O–H groups in total. The molecule has 2 aliphatic rings. The third-order valence-electron chi connectivity index (χ3n) is 2.88. The summed E-state index contributed by atoms with van der Waals surface area (Å²) in [7, 11) is 0. The van der Waals surface area contributed by atoms with Crippen LogP contribution in [0.3, 0.4) is 0 Å². The lowest BCUT2D eigenvalue weighted by molar-refractivity contribution is -0.138. The van der Waals surface area contributed by atoms with Crippen LogP contribution in [0.1, 0.15) is 33.1 Å². The van der Waals surface area contributed by atoms with Gasteiger partial charge in [-0.25, -0.2) is 0 Å². The van der Waals surface area contributed by atoms with Crippen LogP contribution < -0.4 is 10.6 Å². The van der Waals surface area contributed by atoms with Gasteiger partial charge in [0, 0.05) is 0 Å². The van der Waals surface area contributed by atoms with Crippen LogP contribution in [0.2, 0.25) is 0 Å². The minimum Gasteiger partial charge on any atom is -0.342 e. The number of amides is 2. The zero-order chi connectivity index (χ0) is 10.3. The van der Waals surface area contributed by atoms with Crippen LogP contribution in [0.4, 0.5) is 0 Å². The van der Waals surface area contributed by atoms with E-state index < -0.39 is 5.54 Å². The number of nitrogens with one attached hydrogen (secondary N) is 2. The molecule has 14 heavy (non-hydrogen) atoms. The van der Waals surface area contributed by atoms with Crippen molar-refractivity contribution in [2.75, 3.05) is 0 Å². The Morgan fingerprint density at radius 1 is 1.43 bits per heavy atom. The van der Waals surface area contributed by atoms with E-state index >= 15 is 0 Å². The number of piperazine rings is 1. The van der Waals surface area contributed by atoms with Gasteiger partial charge in [0.2, 0.25) is 11.8 Å². The van der Waals surface area contributed by atoms with Crippen LogP contribution in [0.25, 0.3) is 0 Å². The summed E-state index contributed by atoms with van der Waals surface area (Å²) in [6.45, 7) is 4.09. The van der Waals surface area contributed by atoms with E-state index in [1.54, 1.807) is 0 Å². The van der Waals surface area contributed by atoms with E-state index in [1.807, 2.05) is 13.8 Å². The quantitative estimate of drug-likeness (QED) is 0.662. The molecule has 0 aromatic rings. The van der Waals surface area contributed by atoms with E-state index in [2.05, 4.69) is 10.6 Å². The topological polar surface area (TPSA) is 58.2 Å². The summed E-state index contributed by atoms with van der Waals surface area (Å²) in [5.41, 5.74) is -0.523. The Bertz CT molecular complexity index is 282. The molecule has 0 unspecified atom stereocenters. The number of rotatable bonds is 2. The molecule has 1 spiro atoms. The van der Waals surface area contributed by atoms with Gasteiger partial charge in [0.05, 0.1) is 0 Å². The summed E-state index contributed by atoms with van der Waals surface area (Å²) in [6, 6.07) is -0.325. The lowest BCUT2D eigenvalue weighted by atomic mass is 9.99. The highest BCUT2D eigenvalue weighted by atomic mass is 16.2. The first-order valence-electron chi connectivity index (χ1n) is 5.16. The number of hydrogen-bond acceptors (Lipinski definition) is 2. The molecule has 0 aromatic heterocycles. The predicted octanol–water partition coefficient (Wildman–Crippen LogP) is 0.180. The summed E-state index contributed by atoms with van der Waals surface area (Å²) in [4.78, 5) is 23.2. The number of carbonyl (C=O) groups excluding carboxylic acids is 2. The smallest absolute Gasteiger partial charge is 0.246 e. The third-order valence-corrected chi connectivity index (χ3v) is 2.88. The molecule has 1 atom stereocenters. The summed E-state index contributed by atoms with van der Waals surface area (Å²) < 4.78 is 0. The fraction of sp³-hybridized carbons (Fsp3) is 0.800. The first kappa shape index (κ1) is 9.49. The highest BCUT2D eigenvalue weighted by molar-refractivity contribution is 6.01.